The fraction of sp³-hybridized carbons (Fsp3) is 0.381. The Hall–Kier alpha value is -2.29. The fourth-order valence-corrected chi connectivity index (χ4v) is 3.64. The Bertz CT molecular complexity index is 666. The lowest BCUT2D eigenvalue weighted by molar-refractivity contribution is -0.157. The van der Waals surface area contributed by atoms with Crippen molar-refractivity contribution in [3.05, 3.63) is 65.7 Å². The maximum atomic E-state index is 12.4. The molecule has 1 heterocycles. The number of carbonyl (C=O) groups is 1. The summed E-state index contributed by atoms with van der Waals surface area (Å²) < 4.78 is 5.24. The Morgan fingerprint density at radius 3 is 2.38 bits per heavy atom. The summed E-state index contributed by atoms with van der Waals surface area (Å²) in [5.41, 5.74) is 2.56. The van der Waals surface area contributed by atoms with E-state index in [1.807, 2.05) is 23.1 Å². The average Bonchev–Trinajstić information content (AvgIpc) is 2.64. The molecule has 0 spiro atoms. The molecule has 24 heavy (non-hydrogen) atoms. The van der Waals surface area contributed by atoms with Gasteiger partial charge in [-0.2, -0.15) is 0 Å². The number of aryl methyl sites for hydroxylation is 1. The van der Waals surface area contributed by atoms with E-state index in [2.05, 4.69) is 43.3 Å². The van der Waals surface area contributed by atoms with Gasteiger partial charge in [0.1, 0.15) is 5.75 Å². The summed E-state index contributed by atoms with van der Waals surface area (Å²) in [6, 6.07) is 18.8. The normalized spacial score (nSPS) is 19.9. The molecule has 0 aliphatic carbocycles. The van der Waals surface area contributed by atoms with E-state index in [9.17, 15) is 4.79 Å². The van der Waals surface area contributed by atoms with Crippen molar-refractivity contribution in [1.29, 1.82) is 0 Å². The molecule has 0 aromatic heterocycles. The summed E-state index contributed by atoms with van der Waals surface area (Å²) in [5, 5.41) is 0. The van der Waals surface area contributed by atoms with Gasteiger partial charge in [-0.25, -0.2) is 0 Å². The number of rotatable bonds is 7. The van der Waals surface area contributed by atoms with Crippen molar-refractivity contribution in [2.45, 2.75) is 32.2 Å². The van der Waals surface area contributed by atoms with Crippen LogP contribution in [-0.2, 0) is 11.2 Å². The molecule has 0 bridgehead atoms. The quantitative estimate of drug-likeness (QED) is 0.713. The minimum absolute atomic E-state index is 0.113. The van der Waals surface area contributed by atoms with E-state index in [0.717, 1.165) is 31.6 Å². The number of amides is 1. The van der Waals surface area contributed by atoms with Crippen molar-refractivity contribution in [3.8, 4) is 5.75 Å². The van der Waals surface area contributed by atoms with Crippen molar-refractivity contribution in [2.24, 2.45) is 5.92 Å². The van der Waals surface area contributed by atoms with Crippen LogP contribution >= 0.6 is 0 Å². The molecule has 1 aliphatic rings. The molecular formula is C21H25NO2. The molecule has 3 rings (SSSR count). The zero-order valence-electron chi connectivity index (χ0n) is 14.4. The van der Waals surface area contributed by atoms with Crippen LogP contribution in [0.4, 0.5) is 0 Å². The maximum Gasteiger partial charge on any atom is 0.228 e. The average molecular weight is 323 g/mol. The van der Waals surface area contributed by atoms with Crippen molar-refractivity contribution >= 4 is 5.91 Å². The summed E-state index contributed by atoms with van der Waals surface area (Å²) in [5.74, 6) is 1.27. The third kappa shape index (κ3) is 3.30. The molecule has 126 valence electrons. The van der Waals surface area contributed by atoms with Crippen LogP contribution in [0, 0.1) is 5.92 Å². The molecular weight excluding hydrogens is 298 g/mol. The van der Waals surface area contributed by atoms with Crippen LogP contribution in [0.1, 0.15) is 36.9 Å². The van der Waals surface area contributed by atoms with E-state index in [1.54, 1.807) is 7.11 Å². The fourth-order valence-electron chi connectivity index (χ4n) is 3.64. The number of carbonyl (C=O) groups excluding carboxylic acids is 1. The lowest BCUT2D eigenvalue weighted by Crippen LogP contribution is -2.54. The predicted octanol–water partition coefficient (Wildman–Crippen LogP) is 4.24. The zero-order valence-corrected chi connectivity index (χ0v) is 14.4. The van der Waals surface area contributed by atoms with Crippen molar-refractivity contribution in [3.63, 3.8) is 0 Å². The molecule has 1 amide bonds. The van der Waals surface area contributed by atoms with Crippen LogP contribution in [0.15, 0.2) is 54.6 Å². The summed E-state index contributed by atoms with van der Waals surface area (Å²) in [7, 11) is 1.67. The van der Waals surface area contributed by atoms with Gasteiger partial charge in [0, 0.05) is 6.54 Å². The van der Waals surface area contributed by atoms with Crippen LogP contribution < -0.4 is 4.74 Å². The molecule has 3 heteroatoms. The van der Waals surface area contributed by atoms with Gasteiger partial charge in [0.2, 0.25) is 5.91 Å². The van der Waals surface area contributed by atoms with Gasteiger partial charge in [-0.05, 0) is 49.4 Å². The standard InChI is InChI=1S/C21H25NO2/c1-3-22-20(17-12-14-18(24-2)15-13-17)19(21(22)23)11-7-10-16-8-5-4-6-9-16/h4-6,8-9,12-15,19-20H,3,7,10-11H2,1-2H3/t19-,20-/m1/s1. The number of methoxy groups -OCH3 is 1. The number of nitrogens with zero attached hydrogens (tertiary/aromatic N) is 1. The Kier molecular flexibility index (Phi) is 5.19. The molecule has 0 unspecified atom stereocenters. The second kappa shape index (κ2) is 7.52. The monoisotopic (exact) mass is 323 g/mol. The minimum Gasteiger partial charge on any atom is -0.497 e. The second-order valence-electron chi connectivity index (χ2n) is 6.33. The Labute approximate surface area is 144 Å². The number of ether oxygens (including phenoxy) is 1. The van der Waals surface area contributed by atoms with E-state index in [-0.39, 0.29) is 12.0 Å². The van der Waals surface area contributed by atoms with Gasteiger partial charge >= 0.3 is 0 Å². The van der Waals surface area contributed by atoms with Gasteiger partial charge in [-0.1, -0.05) is 42.5 Å². The van der Waals surface area contributed by atoms with Gasteiger partial charge in [0.25, 0.3) is 0 Å². The lowest BCUT2D eigenvalue weighted by atomic mass is 9.79. The van der Waals surface area contributed by atoms with Gasteiger partial charge in [0.15, 0.2) is 0 Å². The first-order valence-corrected chi connectivity index (χ1v) is 8.73. The molecule has 3 nitrogen and oxygen atoms in total. The Balaban J connectivity index is 1.65. The molecule has 0 N–H and O–H groups in total. The van der Waals surface area contributed by atoms with E-state index < -0.39 is 0 Å². The molecule has 1 fully saturated rings. The molecule has 2 aromatic rings. The number of hydrogen-bond donors (Lipinski definition) is 0. The van der Waals surface area contributed by atoms with Gasteiger partial charge < -0.3 is 9.64 Å². The van der Waals surface area contributed by atoms with Crippen LogP contribution in [-0.4, -0.2) is 24.5 Å². The molecule has 2 aromatic carbocycles. The molecule has 0 radical (unpaired) electrons. The molecule has 2 atom stereocenters. The number of hydrogen-bond acceptors (Lipinski definition) is 2. The zero-order chi connectivity index (χ0) is 16.9. The molecule has 1 aliphatic heterocycles. The number of likely N-dealkylation sites (tertiary alicyclic amines) is 1. The third-order valence-corrected chi connectivity index (χ3v) is 4.94. The summed E-state index contributed by atoms with van der Waals surface area (Å²) in [6.07, 6.45) is 3.03. The van der Waals surface area contributed by atoms with Gasteiger partial charge in [0.05, 0.1) is 19.1 Å². The van der Waals surface area contributed by atoms with Crippen molar-refractivity contribution in [2.75, 3.05) is 13.7 Å². The van der Waals surface area contributed by atoms with Gasteiger partial charge in [-0.15, -0.1) is 0 Å². The van der Waals surface area contributed by atoms with E-state index in [1.165, 1.54) is 11.1 Å². The topological polar surface area (TPSA) is 29.5 Å². The number of benzene rings is 2. The molecule has 0 saturated carbocycles. The van der Waals surface area contributed by atoms with E-state index in [4.69, 9.17) is 4.74 Å². The summed E-state index contributed by atoms with van der Waals surface area (Å²) in [4.78, 5) is 14.4. The second-order valence-corrected chi connectivity index (χ2v) is 6.33. The largest absolute Gasteiger partial charge is 0.497 e. The Morgan fingerprint density at radius 2 is 1.75 bits per heavy atom. The van der Waals surface area contributed by atoms with Crippen LogP contribution in [0.25, 0.3) is 0 Å². The van der Waals surface area contributed by atoms with Crippen LogP contribution in [0.2, 0.25) is 0 Å². The highest BCUT2D eigenvalue weighted by Gasteiger charge is 2.46. The summed E-state index contributed by atoms with van der Waals surface area (Å²) in [6.45, 7) is 2.82. The van der Waals surface area contributed by atoms with Crippen LogP contribution in [0.5, 0.6) is 5.75 Å². The van der Waals surface area contributed by atoms with Crippen molar-refractivity contribution < 1.29 is 9.53 Å². The first-order chi connectivity index (χ1) is 11.7. The lowest BCUT2D eigenvalue weighted by Gasteiger charge is -2.47. The highest BCUT2D eigenvalue weighted by atomic mass is 16.5. The Morgan fingerprint density at radius 1 is 1.04 bits per heavy atom. The first kappa shape index (κ1) is 16.6. The minimum atomic E-state index is 0.113. The highest BCUT2D eigenvalue weighted by molar-refractivity contribution is 5.86. The van der Waals surface area contributed by atoms with E-state index >= 15 is 0 Å². The van der Waals surface area contributed by atoms with Crippen LogP contribution in [0.3, 0.4) is 0 Å². The van der Waals surface area contributed by atoms with E-state index in [0.29, 0.717) is 5.91 Å². The first-order valence-electron chi connectivity index (χ1n) is 8.73. The number of β-lactam (4-membered cyclic amide) rings is 1. The SMILES string of the molecule is CCN1C(=O)[C@H](CCCc2ccccc2)[C@H]1c1ccc(OC)cc1. The smallest absolute Gasteiger partial charge is 0.228 e. The molecule has 1 saturated heterocycles. The summed E-state index contributed by atoms with van der Waals surface area (Å²) >= 11 is 0. The highest BCUT2D eigenvalue weighted by Crippen LogP contribution is 2.42. The maximum absolute atomic E-state index is 12.4. The van der Waals surface area contributed by atoms with Gasteiger partial charge in [-0.3, -0.25) is 4.79 Å². The van der Waals surface area contributed by atoms with Crippen molar-refractivity contribution in [1.82, 2.24) is 4.90 Å². The predicted molar refractivity (Wildman–Crippen MR) is 96.0 cm³/mol. The third-order valence-electron chi connectivity index (χ3n) is 4.94.